The predicted octanol–water partition coefficient (Wildman–Crippen LogP) is 3.25. The van der Waals surface area contributed by atoms with E-state index in [-0.39, 0.29) is 22.8 Å². The van der Waals surface area contributed by atoms with Crippen LogP contribution in [0.5, 0.6) is 5.75 Å². The molecular formula is C14H10ClF3N2O3S. The lowest BCUT2D eigenvalue weighted by molar-refractivity contribution is -0.115. The Bertz CT molecular complexity index is 758. The third-order valence-corrected chi connectivity index (χ3v) is 4.28. The molecule has 2 N–H and O–H groups in total. The van der Waals surface area contributed by atoms with Gasteiger partial charge >= 0.3 is 5.51 Å². The molecule has 0 aliphatic carbocycles. The quantitative estimate of drug-likeness (QED) is 0.631. The van der Waals surface area contributed by atoms with Crippen LogP contribution in [0.15, 0.2) is 41.4 Å². The van der Waals surface area contributed by atoms with Crippen molar-refractivity contribution < 1.29 is 27.6 Å². The highest BCUT2D eigenvalue weighted by molar-refractivity contribution is 7.92. The zero-order valence-corrected chi connectivity index (χ0v) is 13.4. The molecule has 1 amide bonds. The molecule has 5 nitrogen and oxygen atoms in total. The Labute approximate surface area is 142 Å². The number of hydrogen-bond acceptors (Lipinski definition) is 4. The summed E-state index contributed by atoms with van der Waals surface area (Å²) in [4.78, 5) is 15.3. The fourth-order valence-electron chi connectivity index (χ4n) is 1.76. The van der Waals surface area contributed by atoms with Gasteiger partial charge in [0, 0.05) is 12.3 Å². The number of alkyl halides is 3. The molecule has 10 heteroatoms. The Kier molecular flexibility index (Phi) is 5.58. The standard InChI is InChI=1S/C14H10ClF3N2O3S/c15-9-2-1-5-19-10(9)7-13(22)20-11-6-8(3-4-12(11)21)24(23)14(16,17)18/h1-6,21H,7H2,(H,20,22). The minimum Gasteiger partial charge on any atom is -0.604 e. The maximum atomic E-state index is 12.5. The van der Waals surface area contributed by atoms with Gasteiger partial charge in [0.05, 0.1) is 34.0 Å². The summed E-state index contributed by atoms with van der Waals surface area (Å²) in [5.74, 6) is -1.11. The van der Waals surface area contributed by atoms with Gasteiger partial charge in [0.15, 0.2) is 4.90 Å². The van der Waals surface area contributed by atoms with Gasteiger partial charge < -0.3 is 15.0 Å². The number of nitrogens with one attached hydrogen (secondary N) is 1. The highest BCUT2D eigenvalue weighted by Crippen LogP contribution is 2.34. The van der Waals surface area contributed by atoms with Crippen LogP contribution in [0.3, 0.4) is 0 Å². The summed E-state index contributed by atoms with van der Waals surface area (Å²) in [5, 5.41) is 12.1. The number of halogens is 4. The van der Waals surface area contributed by atoms with Crippen molar-refractivity contribution in [3.8, 4) is 5.75 Å². The lowest BCUT2D eigenvalue weighted by Crippen LogP contribution is -2.23. The molecule has 0 fully saturated rings. The van der Waals surface area contributed by atoms with Crippen LogP contribution in [-0.2, 0) is 22.4 Å². The summed E-state index contributed by atoms with van der Waals surface area (Å²) in [6.07, 6.45) is 1.19. The summed E-state index contributed by atoms with van der Waals surface area (Å²) < 4.78 is 48.8. The second kappa shape index (κ2) is 7.29. The first-order chi connectivity index (χ1) is 11.2. The molecule has 0 aliphatic heterocycles. The number of carbonyl (C=O) groups is 1. The van der Waals surface area contributed by atoms with E-state index < -0.39 is 33.2 Å². The fourth-order valence-corrected chi connectivity index (χ4v) is 2.63. The molecule has 2 aromatic rings. The Morgan fingerprint density at radius 3 is 2.71 bits per heavy atom. The number of phenols is 1. The molecule has 128 valence electrons. The van der Waals surface area contributed by atoms with E-state index in [4.69, 9.17) is 11.6 Å². The van der Waals surface area contributed by atoms with E-state index in [2.05, 4.69) is 10.3 Å². The fraction of sp³-hybridized carbons (Fsp3) is 0.143. The second-order valence-corrected chi connectivity index (χ2v) is 6.43. The Morgan fingerprint density at radius 2 is 2.08 bits per heavy atom. The van der Waals surface area contributed by atoms with Crippen LogP contribution < -0.4 is 5.32 Å². The van der Waals surface area contributed by atoms with Crippen LogP contribution in [-0.4, -0.2) is 26.1 Å². The van der Waals surface area contributed by atoms with Crippen LogP contribution in [0.2, 0.25) is 5.02 Å². The highest BCUT2D eigenvalue weighted by Gasteiger charge is 2.46. The first kappa shape index (κ1) is 18.4. The van der Waals surface area contributed by atoms with Gasteiger partial charge in [0.25, 0.3) is 0 Å². The monoisotopic (exact) mass is 378 g/mol. The van der Waals surface area contributed by atoms with E-state index >= 15 is 0 Å². The number of aromatic nitrogens is 1. The van der Waals surface area contributed by atoms with Crippen LogP contribution in [0.25, 0.3) is 0 Å². The van der Waals surface area contributed by atoms with Crippen molar-refractivity contribution >= 4 is 34.4 Å². The first-order valence-corrected chi connectivity index (χ1v) is 7.92. The average molecular weight is 379 g/mol. The lowest BCUT2D eigenvalue weighted by atomic mass is 10.2. The third-order valence-electron chi connectivity index (χ3n) is 2.83. The number of nitrogens with zero attached hydrogens (tertiary/aromatic N) is 1. The highest BCUT2D eigenvalue weighted by atomic mass is 35.5. The number of phenolic OH excluding ortho intramolecular Hbond substituents is 1. The van der Waals surface area contributed by atoms with Crippen molar-refractivity contribution in [2.24, 2.45) is 0 Å². The number of aromatic hydroxyl groups is 1. The van der Waals surface area contributed by atoms with Crippen LogP contribution >= 0.6 is 11.6 Å². The molecule has 24 heavy (non-hydrogen) atoms. The molecule has 2 rings (SSSR count). The van der Waals surface area contributed by atoms with Gasteiger partial charge in [-0.3, -0.25) is 9.78 Å². The topological polar surface area (TPSA) is 85.3 Å². The van der Waals surface area contributed by atoms with Gasteiger partial charge in [-0.1, -0.05) is 11.6 Å². The van der Waals surface area contributed by atoms with Gasteiger partial charge in [-0.15, -0.1) is 13.2 Å². The van der Waals surface area contributed by atoms with E-state index in [1.165, 1.54) is 12.3 Å². The molecule has 0 spiro atoms. The summed E-state index contributed by atoms with van der Waals surface area (Å²) in [6.45, 7) is 0. The van der Waals surface area contributed by atoms with Crippen molar-refractivity contribution in [3.05, 3.63) is 47.2 Å². The molecular weight excluding hydrogens is 369 g/mol. The molecule has 1 unspecified atom stereocenters. The number of benzene rings is 1. The normalized spacial score (nSPS) is 12.7. The predicted molar refractivity (Wildman–Crippen MR) is 82.2 cm³/mol. The van der Waals surface area contributed by atoms with E-state index in [0.717, 1.165) is 18.2 Å². The molecule has 0 saturated carbocycles. The van der Waals surface area contributed by atoms with Crippen LogP contribution in [0.1, 0.15) is 5.69 Å². The largest absolute Gasteiger partial charge is 0.604 e. The molecule has 0 aliphatic rings. The minimum absolute atomic E-state index is 0.244. The zero-order chi connectivity index (χ0) is 17.9. The van der Waals surface area contributed by atoms with Gasteiger partial charge in [-0.2, -0.15) is 0 Å². The number of anilines is 1. The van der Waals surface area contributed by atoms with Gasteiger partial charge in [-0.25, -0.2) is 0 Å². The summed E-state index contributed by atoms with van der Waals surface area (Å²) >= 11 is 2.59. The van der Waals surface area contributed by atoms with E-state index in [0.29, 0.717) is 0 Å². The molecule has 1 aromatic carbocycles. The zero-order valence-electron chi connectivity index (χ0n) is 11.8. The summed E-state index contributed by atoms with van der Waals surface area (Å²) in [6, 6.07) is 5.69. The summed E-state index contributed by atoms with van der Waals surface area (Å²) in [7, 11) is 0. The van der Waals surface area contributed by atoms with Crippen molar-refractivity contribution in [1.29, 1.82) is 0 Å². The van der Waals surface area contributed by atoms with E-state index in [1.807, 2.05) is 0 Å². The van der Waals surface area contributed by atoms with Crippen molar-refractivity contribution in [2.75, 3.05) is 5.32 Å². The maximum Gasteiger partial charge on any atom is 0.578 e. The number of carbonyl (C=O) groups excluding carboxylic acids is 1. The second-order valence-electron chi connectivity index (χ2n) is 4.55. The molecule has 0 bridgehead atoms. The van der Waals surface area contributed by atoms with Gasteiger partial charge in [-0.05, 0) is 24.3 Å². The van der Waals surface area contributed by atoms with Crippen molar-refractivity contribution in [2.45, 2.75) is 16.8 Å². The Balaban J connectivity index is 2.17. The smallest absolute Gasteiger partial charge is 0.578 e. The Morgan fingerprint density at radius 1 is 1.38 bits per heavy atom. The van der Waals surface area contributed by atoms with Crippen LogP contribution in [0, 0.1) is 0 Å². The average Bonchev–Trinajstić information content (AvgIpc) is 2.50. The molecule has 0 radical (unpaired) electrons. The number of rotatable bonds is 4. The minimum atomic E-state index is -4.94. The third kappa shape index (κ3) is 4.53. The molecule has 1 aromatic heterocycles. The molecule has 0 saturated heterocycles. The van der Waals surface area contributed by atoms with Crippen LogP contribution in [0.4, 0.5) is 18.9 Å². The maximum absolute atomic E-state index is 12.5. The van der Waals surface area contributed by atoms with Crippen molar-refractivity contribution in [1.82, 2.24) is 4.98 Å². The number of amides is 1. The molecule has 1 heterocycles. The number of hydrogen-bond donors (Lipinski definition) is 2. The summed E-state index contributed by atoms with van der Waals surface area (Å²) in [5.41, 5.74) is -4.96. The van der Waals surface area contributed by atoms with Gasteiger partial charge in [0.2, 0.25) is 5.91 Å². The molecule has 1 atom stereocenters. The van der Waals surface area contributed by atoms with Gasteiger partial charge in [0.1, 0.15) is 5.75 Å². The van der Waals surface area contributed by atoms with E-state index in [9.17, 15) is 27.6 Å². The van der Waals surface area contributed by atoms with Crippen molar-refractivity contribution in [3.63, 3.8) is 0 Å². The Hall–Kier alpha value is -1.97. The first-order valence-electron chi connectivity index (χ1n) is 6.39. The SMILES string of the molecule is O=C(Cc1ncccc1Cl)Nc1cc([S+]([O-])C(F)(F)F)ccc1O. The lowest BCUT2D eigenvalue weighted by Gasteiger charge is -2.14. The van der Waals surface area contributed by atoms with E-state index in [1.54, 1.807) is 6.07 Å². The number of pyridine rings is 1.